The van der Waals surface area contributed by atoms with Gasteiger partial charge in [-0.25, -0.2) is 10.2 Å². The lowest BCUT2D eigenvalue weighted by Crippen LogP contribution is -2.43. The van der Waals surface area contributed by atoms with Crippen LogP contribution in [0.1, 0.15) is 37.8 Å². The Morgan fingerprint density at radius 3 is 2.88 bits per heavy atom. The van der Waals surface area contributed by atoms with Crippen molar-refractivity contribution in [3.05, 3.63) is 29.3 Å². The van der Waals surface area contributed by atoms with Crippen molar-refractivity contribution >= 4 is 29.2 Å². The molecule has 2 heterocycles. The summed E-state index contributed by atoms with van der Waals surface area (Å²) in [5.74, 6) is 0.862. The predicted molar refractivity (Wildman–Crippen MR) is 99.2 cm³/mol. The quantitative estimate of drug-likeness (QED) is 0.791. The first-order chi connectivity index (χ1) is 12.5. The third-order valence-corrected chi connectivity index (χ3v) is 4.55. The van der Waals surface area contributed by atoms with Crippen molar-refractivity contribution in [2.75, 3.05) is 18.6 Å². The summed E-state index contributed by atoms with van der Waals surface area (Å²) in [6.45, 7) is 4.11. The summed E-state index contributed by atoms with van der Waals surface area (Å²) in [6, 6.07) is 6.04. The second kappa shape index (κ2) is 7.55. The Labute approximate surface area is 152 Å². The van der Waals surface area contributed by atoms with E-state index >= 15 is 0 Å². The summed E-state index contributed by atoms with van der Waals surface area (Å²) in [5.41, 5.74) is 9.19. The van der Waals surface area contributed by atoms with Gasteiger partial charge < -0.3 is 9.64 Å². The minimum atomic E-state index is -0.550. The fourth-order valence-electron chi connectivity index (χ4n) is 3.16. The van der Waals surface area contributed by atoms with Gasteiger partial charge in [0.1, 0.15) is 5.84 Å². The van der Waals surface area contributed by atoms with E-state index in [4.69, 9.17) is 4.74 Å². The first kappa shape index (κ1) is 17.9. The zero-order chi connectivity index (χ0) is 18.7. The molecule has 8 nitrogen and oxygen atoms in total. The predicted octanol–water partition coefficient (Wildman–Crippen LogP) is 1.99. The molecule has 0 aliphatic carbocycles. The molecule has 2 N–H and O–H groups in total. The Bertz CT molecular complexity index is 787. The number of rotatable bonds is 2. The van der Waals surface area contributed by atoms with Gasteiger partial charge in [0.25, 0.3) is 0 Å². The van der Waals surface area contributed by atoms with Crippen molar-refractivity contribution in [3.63, 3.8) is 0 Å². The lowest BCUT2D eigenvalue weighted by molar-refractivity contribution is -0.118. The summed E-state index contributed by atoms with van der Waals surface area (Å²) in [4.78, 5) is 24.8. The van der Waals surface area contributed by atoms with Gasteiger partial charge in [0, 0.05) is 31.5 Å². The topological polar surface area (TPSA) is 95.4 Å². The zero-order valence-corrected chi connectivity index (χ0v) is 15.2. The van der Waals surface area contributed by atoms with E-state index in [2.05, 4.69) is 34.0 Å². The highest BCUT2D eigenvalue weighted by atomic mass is 16.5. The molecule has 2 amide bonds. The number of hydrogen-bond donors (Lipinski definition) is 2. The summed E-state index contributed by atoms with van der Waals surface area (Å²) >= 11 is 0. The highest BCUT2D eigenvalue weighted by molar-refractivity contribution is 6.07. The minimum Gasteiger partial charge on any atom is -0.449 e. The van der Waals surface area contributed by atoms with Crippen LogP contribution >= 0.6 is 0 Å². The molecule has 2 aliphatic rings. The van der Waals surface area contributed by atoms with E-state index in [1.165, 1.54) is 0 Å². The van der Waals surface area contributed by atoms with Crippen LogP contribution in [-0.4, -0.2) is 37.2 Å². The third-order valence-electron chi connectivity index (χ3n) is 4.55. The molecule has 8 heteroatoms. The van der Waals surface area contributed by atoms with Gasteiger partial charge in [-0.3, -0.25) is 10.2 Å². The van der Waals surface area contributed by atoms with Crippen LogP contribution in [0.5, 0.6) is 0 Å². The molecule has 3 rings (SSSR count). The van der Waals surface area contributed by atoms with Crippen LogP contribution in [-0.2, 0) is 16.0 Å². The average molecular weight is 357 g/mol. The molecule has 0 spiro atoms. The van der Waals surface area contributed by atoms with E-state index in [-0.39, 0.29) is 11.8 Å². The fourth-order valence-corrected chi connectivity index (χ4v) is 3.16. The number of aryl methyl sites for hydroxylation is 1. The monoisotopic (exact) mass is 357 g/mol. The summed E-state index contributed by atoms with van der Waals surface area (Å²) in [6.07, 6.45) is 1.35. The normalized spacial score (nSPS) is 19.3. The Morgan fingerprint density at radius 1 is 1.35 bits per heavy atom. The Kier molecular flexibility index (Phi) is 5.20. The van der Waals surface area contributed by atoms with Gasteiger partial charge in [0.15, 0.2) is 0 Å². The van der Waals surface area contributed by atoms with Crippen LogP contribution in [0.15, 0.2) is 28.4 Å². The standard InChI is InChI=1S/C18H23N5O3/c1-4-26-18(25)22-20-15-9-11(2)17(21-19-15)13-5-7-14-12(10-13)6-8-16(24)23(14)3/h5,7,10-11H,4,6,8-9H2,1-3H3,(H,19,20)(H,22,25). The SMILES string of the molecule is CCOC(=O)NNC1=NN=C(c2ccc3c(c2)CCC(=O)N3C)C(C)C1. The van der Waals surface area contributed by atoms with Crippen molar-refractivity contribution < 1.29 is 14.3 Å². The molecule has 2 aliphatic heterocycles. The van der Waals surface area contributed by atoms with Crippen molar-refractivity contribution in [3.8, 4) is 0 Å². The van der Waals surface area contributed by atoms with Crippen LogP contribution in [0, 0.1) is 5.92 Å². The molecule has 0 radical (unpaired) electrons. The van der Waals surface area contributed by atoms with Gasteiger partial charge in [-0.05, 0) is 36.6 Å². The lowest BCUT2D eigenvalue weighted by Gasteiger charge is -2.27. The first-order valence-corrected chi connectivity index (χ1v) is 8.72. The van der Waals surface area contributed by atoms with Crippen LogP contribution in [0.3, 0.4) is 0 Å². The summed E-state index contributed by atoms with van der Waals surface area (Å²) in [7, 11) is 1.81. The molecule has 0 bridgehead atoms. The van der Waals surface area contributed by atoms with Crippen molar-refractivity contribution in [1.29, 1.82) is 0 Å². The highest BCUT2D eigenvalue weighted by Crippen LogP contribution is 2.29. The zero-order valence-electron chi connectivity index (χ0n) is 15.2. The van der Waals surface area contributed by atoms with Crippen molar-refractivity contribution in [1.82, 2.24) is 10.9 Å². The lowest BCUT2D eigenvalue weighted by atomic mass is 9.91. The molecule has 138 valence electrons. The van der Waals surface area contributed by atoms with E-state index in [1.807, 2.05) is 12.1 Å². The summed E-state index contributed by atoms with van der Waals surface area (Å²) < 4.78 is 4.79. The molecule has 26 heavy (non-hydrogen) atoms. The highest BCUT2D eigenvalue weighted by Gasteiger charge is 2.24. The number of nitrogens with zero attached hydrogens (tertiary/aromatic N) is 3. The van der Waals surface area contributed by atoms with Gasteiger partial charge in [-0.15, -0.1) is 5.10 Å². The number of carbonyl (C=O) groups is 2. The van der Waals surface area contributed by atoms with Crippen LogP contribution < -0.4 is 15.8 Å². The number of hydrazine groups is 1. The number of carbonyl (C=O) groups excluding carboxylic acids is 2. The van der Waals surface area contributed by atoms with Crippen LogP contribution in [0.2, 0.25) is 0 Å². The molecule has 0 saturated heterocycles. The van der Waals surface area contributed by atoms with Gasteiger partial charge >= 0.3 is 6.09 Å². The maximum Gasteiger partial charge on any atom is 0.425 e. The van der Waals surface area contributed by atoms with E-state index in [0.717, 1.165) is 28.9 Å². The molecule has 1 unspecified atom stereocenters. The molecular formula is C18H23N5O3. The van der Waals surface area contributed by atoms with Crippen molar-refractivity contribution in [2.24, 2.45) is 16.1 Å². The Hall–Kier alpha value is -2.90. The maximum absolute atomic E-state index is 11.8. The Morgan fingerprint density at radius 2 is 2.15 bits per heavy atom. The second-order valence-electron chi connectivity index (χ2n) is 6.40. The number of hydrogen-bond acceptors (Lipinski definition) is 6. The van der Waals surface area contributed by atoms with Crippen LogP contribution in [0.4, 0.5) is 10.5 Å². The number of amidine groups is 1. The molecule has 1 atom stereocenters. The molecule has 0 fully saturated rings. The first-order valence-electron chi connectivity index (χ1n) is 8.72. The molecular weight excluding hydrogens is 334 g/mol. The fraction of sp³-hybridized carbons (Fsp3) is 0.444. The van der Waals surface area contributed by atoms with Gasteiger partial charge in [-0.1, -0.05) is 13.0 Å². The maximum atomic E-state index is 11.8. The van der Waals surface area contributed by atoms with Gasteiger partial charge in [0.05, 0.1) is 12.3 Å². The third kappa shape index (κ3) is 3.68. The number of ether oxygens (including phenoxy) is 1. The van der Waals surface area contributed by atoms with Crippen molar-refractivity contribution in [2.45, 2.75) is 33.1 Å². The number of amides is 2. The number of benzene rings is 1. The molecule has 0 aromatic heterocycles. The molecule has 0 saturated carbocycles. The van der Waals surface area contributed by atoms with E-state index in [1.54, 1.807) is 18.9 Å². The number of nitrogens with one attached hydrogen (secondary N) is 2. The van der Waals surface area contributed by atoms with Gasteiger partial charge in [0.2, 0.25) is 5.91 Å². The Balaban J connectivity index is 1.75. The smallest absolute Gasteiger partial charge is 0.425 e. The van der Waals surface area contributed by atoms with E-state index in [9.17, 15) is 9.59 Å². The van der Waals surface area contributed by atoms with Crippen LogP contribution in [0.25, 0.3) is 0 Å². The van der Waals surface area contributed by atoms with E-state index in [0.29, 0.717) is 25.3 Å². The molecule has 1 aromatic rings. The number of anilines is 1. The number of fused-ring (bicyclic) bond motifs is 1. The average Bonchev–Trinajstić information content (AvgIpc) is 2.63. The molecule has 1 aromatic carbocycles. The van der Waals surface area contributed by atoms with E-state index < -0.39 is 6.09 Å². The van der Waals surface area contributed by atoms with Gasteiger partial charge in [-0.2, -0.15) is 5.10 Å². The second-order valence-corrected chi connectivity index (χ2v) is 6.40. The largest absolute Gasteiger partial charge is 0.449 e. The summed E-state index contributed by atoms with van der Waals surface area (Å²) in [5, 5.41) is 8.51. The minimum absolute atomic E-state index is 0.139.